The van der Waals surface area contributed by atoms with Crippen LogP contribution < -0.4 is 14.7 Å². The molecular formula is C18H22N6. The summed E-state index contributed by atoms with van der Waals surface area (Å²) in [5, 5.41) is 9.32. The summed E-state index contributed by atoms with van der Waals surface area (Å²) >= 11 is 0. The highest BCUT2D eigenvalue weighted by Gasteiger charge is 2.18. The summed E-state index contributed by atoms with van der Waals surface area (Å²) in [6.45, 7) is 3.65. The zero-order valence-electron chi connectivity index (χ0n) is 14.2. The first-order valence-corrected chi connectivity index (χ1v) is 8.18. The predicted molar refractivity (Wildman–Crippen MR) is 96.6 cm³/mol. The Morgan fingerprint density at radius 3 is 2.58 bits per heavy atom. The van der Waals surface area contributed by atoms with Crippen molar-refractivity contribution in [1.82, 2.24) is 9.97 Å². The maximum Gasteiger partial charge on any atom is 0.226 e. The van der Waals surface area contributed by atoms with Gasteiger partial charge in [0.1, 0.15) is 11.9 Å². The van der Waals surface area contributed by atoms with Crippen molar-refractivity contribution in [1.29, 1.82) is 5.26 Å². The first-order valence-electron chi connectivity index (χ1n) is 8.18. The minimum atomic E-state index is 0.725. The first-order chi connectivity index (χ1) is 11.7. The van der Waals surface area contributed by atoms with Gasteiger partial charge in [0.2, 0.25) is 5.95 Å². The van der Waals surface area contributed by atoms with E-state index < -0.39 is 0 Å². The lowest BCUT2D eigenvalue weighted by Crippen LogP contribution is -2.31. The molecule has 1 aliphatic heterocycles. The topological polar surface area (TPSA) is 59.3 Å². The van der Waals surface area contributed by atoms with Crippen LogP contribution in [0.1, 0.15) is 12.0 Å². The molecule has 3 rings (SSSR count). The zero-order valence-corrected chi connectivity index (χ0v) is 14.2. The van der Waals surface area contributed by atoms with Crippen LogP contribution in [-0.4, -0.2) is 50.2 Å². The van der Waals surface area contributed by atoms with E-state index in [-0.39, 0.29) is 0 Å². The normalized spacial score (nSPS) is 14.9. The molecule has 1 aromatic carbocycles. The van der Waals surface area contributed by atoms with Crippen LogP contribution in [0, 0.1) is 11.3 Å². The van der Waals surface area contributed by atoms with Crippen LogP contribution in [0.25, 0.3) is 0 Å². The minimum absolute atomic E-state index is 0.725. The van der Waals surface area contributed by atoms with Gasteiger partial charge in [-0.1, -0.05) is 12.1 Å². The van der Waals surface area contributed by atoms with Crippen LogP contribution in [0.3, 0.4) is 0 Å². The second kappa shape index (κ2) is 7.18. The van der Waals surface area contributed by atoms with Gasteiger partial charge in [0, 0.05) is 46.5 Å². The third kappa shape index (κ3) is 3.40. The van der Waals surface area contributed by atoms with Gasteiger partial charge < -0.3 is 14.7 Å². The van der Waals surface area contributed by atoms with Crippen LogP contribution in [0.4, 0.5) is 17.5 Å². The highest BCUT2D eigenvalue weighted by molar-refractivity contribution is 5.59. The van der Waals surface area contributed by atoms with Crippen LogP contribution in [0.5, 0.6) is 0 Å². The van der Waals surface area contributed by atoms with Crippen molar-refractivity contribution in [3.05, 3.63) is 42.1 Å². The van der Waals surface area contributed by atoms with E-state index in [1.165, 1.54) is 0 Å². The fraction of sp³-hybridized carbons (Fsp3) is 0.389. The lowest BCUT2D eigenvalue weighted by Gasteiger charge is -2.25. The molecule has 1 saturated heterocycles. The number of hydrogen-bond donors (Lipinski definition) is 0. The lowest BCUT2D eigenvalue weighted by atomic mass is 10.1. The number of rotatable bonds is 3. The van der Waals surface area contributed by atoms with Crippen molar-refractivity contribution in [2.24, 2.45) is 0 Å². The van der Waals surface area contributed by atoms with E-state index >= 15 is 0 Å². The van der Waals surface area contributed by atoms with Crippen molar-refractivity contribution in [3.63, 3.8) is 0 Å². The van der Waals surface area contributed by atoms with Crippen molar-refractivity contribution in [2.75, 3.05) is 55.0 Å². The number of aromatic nitrogens is 2. The molecule has 0 atom stereocenters. The maximum absolute atomic E-state index is 9.32. The summed E-state index contributed by atoms with van der Waals surface area (Å²) in [6.07, 6.45) is 2.84. The summed E-state index contributed by atoms with van der Waals surface area (Å²) in [7, 11) is 3.89. The lowest BCUT2D eigenvalue weighted by molar-refractivity contribution is 0.793. The molecule has 2 heterocycles. The molecule has 0 saturated carbocycles. The molecular weight excluding hydrogens is 300 g/mol. The molecule has 0 amide bonds. The summed E-state index contributed by atoms with van der Waals surface area (Å²) in [5.74, 6) is 1.69. The summed E-state index contributed by atoms with van der Waals surface area (Å²) in [4.78, 5) is 15.4. The molecule has 0 spiro atoms. The number of anilines is 3. The quantitative estimate of drug-likeness (QED) is 0.863. The Kier molecular flexibility index (Phi) is 4.80. The number of nitriles is 1. The Hall–Kier alpha value is -2.81. The second-order valence-electron chi connectivity index (χ2n) is 6.07. The summed E-state index contributed by atoms with van der Waals surface area (Å²) in [5.41, 5.74) is 1.77. The van der Waals surface area contributed by atoms with E-state index in [4.69, 9.17) is 0 Å². The molecule has 0 bridgehead atoms. The smallest absolute Gasteiger partial charge is 0.226 e. The predicted octanol–water partition coefficient (Wildman–Crippen LogP) is 2.13. The zero-order chi connectivity index (χ0) is 16.9. The van der Waals surface area contributed by atoms with Gasteiger partial charge in [-0.25, -0.2) is 4.98 Å². The molecule has 0 radical (unpaired) electrons. The van der Waals surface area contributed by atoms with Crippen LogP contribution in [0.2, 0.25) is 0 Å². The number of hydrogen-bond acceptors (Lipinski definition) is 6. The highest BCUT2D eigenvalue weighted by atomic mass is 15.3. The van der Waals surface area contributed by atoms with E-state index in [0.29, 0.717) is 0 Å². The molecule has 0 unspecified atom stereocenters. The van der Waals surface area contributed by atoms with Crippen molar-refractivity contribution in [2.45, 2.75) is 6.42 Å². The fourth-order valence-corrected chi connectivity index (χ4v) is 2.96. The van der Waals surface area contributed by atoms with Gasteiger partial charge >= 0.3 is 0 Å². The molecule has 0 N–H and O–H groups in total. The molecule has 6 nitrogen and oxygen atoms in total. The number of nitrogens with zero attached hydrogens (tertiary/aromatic N) is 6. The Balaban J connectivity index is 1.76. The van der Waals surface area contributed by atoms with Gasteiger partial charge in [0.15, 0.2) is 0 Å². The van der Waals surface area contributed by atoms with Crippen molar-refractivity contribution in [3.8, 4) is 6.07 Å². The monoisotopic (exact) mass is 322 g/mol. The Morgan fingerprint density at radius 1 is 1.04 bits per heavy atom. The standard InChI is InChI=1S/C18H22N6/c1-22(2)18-20-9-8-17(21-18)24-11-5-10-23(12-13-24)16-7-4-3-6-15(16)14-19/h3-4,6-9H,5,10-13H2,1-2H3. The Labute approximate surface area is 143 Å². The molecule has 1 aliphatic rings. The number of benzene rings is 1. The van der Waals surface area contributed by atoms with E-state index in [2.05, 4.69) is 25.8 Å². The average Bonchev–Trinajstić information content (AvgIpc) is 2.88. The molecule has 1 fully saturated rings. The van der Waals surface area contributed by atoms with Gasteiger partial charge in [0.05, 0.1) is 11.3 Å². The van der Waals surface area contributed by atoms with Crippen LogP contribution in [0.15, 0.2) is 36.5 Å². The van der Waals surface area contributed by atoms with E-state index in [9.17, 15) is 5.26 Å². The Bertz CT molecular complexity index is 736. The van der Waals surface area contributed by atoms with Gasteiger partial charge in [-0.3, -0.25) is 0 Å². The summed E-state index contributed by atoms with van der Waals surface area (Å²) in [6, 6.07) is 12.1. The third-order valence-electron chi connectivity index (χ3n) is 4.21. The minimum Gasteiger partial charge on any atom is -0.369 e. The first kappa shape index (κ1) is 16.1. The second-order valence-corrected chi connectivity index (χ2v) is 6.07. The Morgan fingerprint density at radius 2 is 1.79 bits per heavy atom. The molecule has 0 aliphatic carbocycles. The van der Waals surface area contributed by atoms with E-state index in [1.54, 1.807) is 0 Å². The van der Waals surface area contributed by atoms with Crippen molar-refractivity contribution < 1.29 is 0 Å². The fourth-order valence-electron chi connectivity index (χ4n) is 2.96. The molecule has 24 heavy (non-hydrogen) atoms. The molecule has 1 aromatic heterocycles. The largest absolute Gasteiger partial charge is 0.369 e. The van der Waals surface area contributed by atoms with Gasteiger partial charge in [0.25, 0.3) is 0 Å². The van der Waals surface area contributed by atoms with Crippen LogP contribution >= 0.6 is 0 Å². The SMILES string of the molecule is CN(C)c1nccc(N2CCCN(c3ccccc3C#N)CC2)n1. The van der Waals surface area contributed by atoms with E-state index in [0.717, 1.165) is 55.6 Å². The molecule has 2 aromatic rings. The molecule has 6 heteroatoms. The third-order valence-corrected chi connectivity index (χ3v) is 4.21. The van der Waals surface area contributed by atoms with Gasteiger partial charge in [-0.2, -0.15) is 10.2 Å². The van der Waals surface area contributed by atoms with Crippen molar-refractivity contribution >= 4 is 17.5 Å². The van der Waals surface area contributed by atoms with Gasteiger partial charge in [-0.05, 0) is 24.6 Å². The highest BCUT2D eigenvalue weighted by Crippen LogP contribution is 2.22. The average molecular weight is 322 g/mol. The van der Waals surface area contributed by atoms with Gasteiger partial charge in [-0.15, -0.1) is 0 Å². The maximum atomic E-state index is 9.32. The molecule has 124 valence electrons. The summed E-state index contributed by atoms with van der Waals surface area (Å²) < 4.78 is 0. The number of para-hydroxylation sites is 1. The van der Waals surface area contributed by atoms with Crippen LogP contribution in [-0.2, 0) is 0 Å². The van der Waals surface area contributed by atoms with E-state index in [1.807, 2.05) is 55.5 Å².